The predicted octanol–water partition coefficient (Wildman–Crippen LogP) is 3.24. The molecule has 2 fully saturated rings. The van der Waals surface area contributed by atoms with Crippen molar-refractivity contribution in [3.05, 3.63) is 90.3 Å². The van der Waals surface area contributed by atoms with Gasteiger partial charge in [0.15, 0.2) is 29.0 Å². The molecule has 1 saturated heterocycles. The van der Waals surface area contributed by atoms with E-state index in [1.165, 1.54) is 30.3 Å². The number of anilines is 2. The zero-order valence-corrected chi connectivity index (χ0v) is 24.3. The normalized spacial score (nSPS) is 21.5. The van der Waals surface area contributed by atoms with Crippen LogP contribution in [0.4, 0.5) is 11.8 Å². The van der Waals surface area contributed by atoms with Crippen LogP contribution in [0, 0.1) is 0 Å². The van der Waals surface area contributed by atoms with Crippen LogP contribution in [0.25, 0.3) is 11.2 Å². The summed E-state index contributed by atoms with van der Waals surface area (Å²) in [5.41, 5.74) is 3.40. The highest BCUT2D eigenvalue weighted by Crippen LogP contribution is 2.39. The number of benzene rings is 2. The maximum atomic E-state index is 11.0. The lowest BCUT2D eigenvalue weighted by molar-refractivity contribution is -0.122. The van der Waals surface area contributed by atoms with Crippen LogP contribution in [0.5, 0.6) is 0 Å². The van der Waals surface area contributed by atoms with Crippen molar-refractivity contribution >= 4 is 29.4 Å². The smallest absolute Gasteiger partial charge is 0.290 e. The number of hydrogen-bond acceptors (Lipinski definition) is 11. The molecule has 4 atom stereocenters. The fourth-order valence-electron chi connectivity index (χ4n) is 6.01. The number of fused-ring (bicyclic) bond motifs is 1. The number of ether oxygens (including phenoxy) is 1. The average molecular weight is 614 g/mol. The monoisotopic (exact) mass is 613 g/mol. The number of H-pyrrole nitrogens is 1. The van der Waals surface area contributed by atoms with Crippen LogP contribution < -0.4 is 10.6 Å². The van der Waals surface area contributed by atoms with Crippen molar-refractivity contribution in [1.29, 1.82) is 0 Å². The van der Waals surface area contributed by atoms with E-state index in [9.17, 15) is 10.2 Å². The summed E-state index contributed by atoms with van der Waals surface area (Å²) in [4.78, 5) is 25.6. The maximum Gasteiger partial charge on any atom is 0.290 e. The van der Waals surface area contributed by atoms with Gasteiger partial charge in [0.1, 0.15) is 24.6 Å². The van der Waals surface area contributed by atoms with Crippen molar-refractivity contribution in [2.24, 2.45) is 0 Å². The van der Waals surface area contributed by atoms with Crippen LogP contribution >= 0.6 is 0 Å². The Morgan fingerprint density at radius 3 is 2.29 bits per heavy atom. The van der Waals surface area contributed by atoms with Crippen molar-refractivity contribution in [2.75, 3.05) is 17.2 Å². The lowest BCUT2D eigenvalue weighted by Gasteiger charge is -2.20. The zero-order valence-electron chi connectivity index (χ0n) is 24.3. The van der Waals surface area contributed by atoms with Gasteiger partial charge in [-0.3, -0.25) is 9.36 Å². The van der Waals surface area contributed by atoms with Gasteiger partial charge in [-0.15, -0.1) is 10.2 Å². The standard InChI is InChI=1S/C30H33N9O3.CH2O2/c40-23-24(41)29(42-25(23)27-32-16-34-38-27)39-17-33-22-26(36-30(37-28(22)39)35-20-13-7-8-14-20)31-15-21(18-9-3-1-4-10-18)19-11-5-2-6-12-19;2-1-3/h1-6,9-12,16-17,20-21,23-25,29,40-41H,7-8,13-15H2,(H,32,34,38)(H2,31,35,36,37);1H,(H,2,3)/t23-,24+,25-,29+;/m0./s1. The van der Waals surface area contributed by atoms with Crippen molar-refractivity contribution in [2.45, 2.75) is 62.2 Å². The molecule has 0 unspecified atom stereocenters. The third-order valence-electron chi connectivity index (χ3n) is 8.20. The molecule has 3 aromatic heterocycles. The highest BCUT2D eigenvalue weighted by Gasteiger charge is 2.46. The van der Waals surface area contributed by atoms with E-state index in [4.69, 9.17) is 24.6 Å². The van der Waals surface area contributed by atoms with E-state index in [1.54, 1.807) is 10.9 Å². The van der Waals surface area contributed by atoms with Crippen LogP contribution in [0.15, 0.2) is 73.3 Å². The lowest BCUT2D eigenvalue weighted by Crippen LogP contribution is -2.29. The minimum absolute atomic E-state index is 0.0727. The molecule has 45 heavy (non-hydrogen) atoms. The number of aliphatic hydroxyl groups excluding tert-OH is 2. The van der Waals surface area contributed by atoms with Gasteiger partial charge in [0, 0.05) is 18.5 Å². The molecule has 0 radical (unpaired) electrons. The Labute approximate surface area is 258 Å². The third kappa shape index (κ3) is 6.48. The van der Waals surface area contributed by atoms with Gasteiger partial charge in [0.2, 0.25) is 5.95 Å². The topological polar surface area (TPSA) is 196 Å². The molecule has 0 spiro atoms. The molecule has 4 heterocycles. The van der Waals surface area contributed by atoms with E-state index in [0.717, 1.165) is 12.8 Å². The second kappa shape index (κ2) is 13.8. The first-order chi connectivity index (χ1) is 22.1. The number of carbonyl (C=O) groups is 1. The molecule has 2 aliphatic rings. The Balaban J connectivity index is 0.00000115. The summed E-state index contributed by atoms with van der Waals surface area (Å²) in [6.45, 7) is 0.324. The quantitative estimate of drug-likeness (QED) is 0.133. The summed E-state index contributed by atoms with van der Waals surface area (Å²) < 4.78 is 7.75. The van der Waals surface area contributed by atoms with E-state index >= 15 is 0 Å². The fraction of sp³-hybridized carbons (Fsp3) is 0.355. The number of nitrogens with one attached hydrogen (secondary N) is 3. The Kier molecular flexibility index (Phi) is 9.24. The molecule has 14 heteroatoms. The Morgan fingerprint density at radius 2 is 1.67 bits per heavy atom. The first kappa shape index (κ1) is 30.1. The van der Waals surface area contributed by atoms with Crippen molar-refractivity contribution < 1.29 is 24.9 Å². The summed E-state index contributed by atoms with van der Waals surface area (Å²) in [7, 11) is 0. The lowest BCUT2D eigenvalue weighted by atomic mass is 9.91. The highest BCUT2D eigenvalue weighted by molar-refractivity contribution is 5.84. The number of aromatic nitrogens is 7. The van der Waals surface area contributed by atoms with Gasteiger partial charge >= 0.3 is 0 Å². The second-order valence-corrected chi connectivity index (χ2v) is 11.0. The second-order valence-electron chi connectivity index (χ2n) is 11.0. The van der Waals surface area contributed by atoms with Crippen LogP contribution in [-0.2, 0) is 9.53 Å². The number of aromatic amines is 1. The highest BCUT2D eigenvalue weighted by atomic mass is 16.6. The first-order valence-corrected chi connectivity index (χ1v) is 14.9. The molecule has 1 saturated carbocycles. The van der Waals surface area contributed by atoms with Crippen LogP contribution in [-0.4, -0.2) is 81.3 Å². The number of imidazole rings is 1. The first-order valence-electron chi connectivity index (χ1n) is 14.9. The van der Waals surface area contributed by atoms with E-state index in [0.29, 0.717) is 41.3 Å². The van der Waals surface area contributed by atoms with Crippen molar-refractivity contribution in [1.82, 2.24) is 34.7 Å². The Morgan fingerprint density at radius 1 is 1.00 bits per heavy atom. The minimum atomic E-state index is -1.24. The molecule has 2 aromatic carbocycles. The summed E-state index contributed by atoms with van der Waals surface area (Å²) in [5, 5.41) is 43.5. The molecular weight excluding hydrogens is 578 g/mol. The van der Waals surface area contributed by atoms with Gasteiger partial charge in [-0.1, -0.05) is 73.5 Å². The number of hydrogen-bond donors (Lipinski definition) is 6. The molecule has 1 aliphatic heterocycles. The summed E-state index contributed by atoms with van der Waals surface area (Å²) in [6, 6.07) is 21.0. The molecule has 0 amide bonds. The van der Waals surface area contributed by atoms with Gasteiger partial charge in [-0.25, -0.2) is 4.98 Å². The molecule has 1 aliphatic carbocycles. The van der Waals surface area contributed by atoms with Gasteiger partial charge in [-0.05, 0) is 24.0 Å². The number of rotatable bonds is 9. The summed E-state index contributed by atoms with van der Waals surface area (Å²) in [6.07, 6.45) is 3.15. The third-order valence-corrected chi connectivity index (χ3v) is 8.20. The van der Waals surface area contributed by atoms with Gasteiger partial charge in [0.05, 0.1) is 6.33 Å². The molecule has 234 valence electrons. The Hall–Kier alpha value is -4.92. The van der Waals surface area contributed by atoms with E-state index in [-0.39, 0.29) is 12.4 Å². The average Bonchev–Trinajstić information content (AvgIpc) is 3.89. The summed E-state index contributed by atoms with van der Waals surface area (Å²) in [5.74, 6) is 1.47. The zero-order chi connectivity index (χ0) is 31.2. The van der Waals surface area contributed by atoms with Crippen molar-refractivity contribution in [3.63, 3.8) is 0 Å². The van der Waals surface area contributed by atoms with Gasteiger partial charge < -0.3 is 35.7 Å². The fourth-order valence-corrected chi connectivity index (χ4v) is 6.01. The van der Waals surface area contributed by atoms with Crippen LogP contribution in [0.1, 0.15) is 60.9 Å². The minimum Gasteiger partial charge on any atom is -0.483 e. The Bertz CT molecular complexity index is 1620. The van der Waals surface area contributed by atoms with Crippen LogP contribution in [0.2, 0.25) is 0 Å². The number of nitrogens with zero attached hydrogens (tertiary/aromatic N) is 6. The van der Waals surface area contributed by atoms with E-state index in [1.807, 2.05) is 36.4 Å². The SMILES string of the molecule is O=CO.O[C@@H]1[C@H](O)[C@@H](c2nnc[nH]2)O[C@H]1n1cnc2c(NCC(c3ccccc3)c3ccccc3)nc(NC3CCCC3)nc21. The summed E-state index contributed by atoms with van der Waals surface area (Å²) >= 11 is 0. The largest absolute Gasteiger partial charge is 0.483 e. The number of carboxylic acid groups (broad SMARTS) is 1. The van der Waals surface area contributed by atoms with Crippen molar-refractivity contribution in [3.8, 4) is 0 Å². The molecular formula is C31H35N9O5. The maximum absolute atomic E-state index is 11.0. The molecule has 0 bridgehead atoms. The molecule has 5 aromatic rings. The van der Waals surface area contributed by atoms with Gasteiger partial charge in [-0.2, -0.15) is 9.97 Å². The van der Waals surface area contributed by atoms with E-state index in [2.05, 4.69) is 55.1 Å². The van der Waals surface area contributed by atoms with Gasteiger partial charge in [0.25, 0.3) is 6.47 Å². The molecule has 6 N–H and O–H groups in total. The van der Waals surface area contributed by atoms with E-state index < -0.39 is 24.5 Å². The number of aliphatic hydroxyl groups is 2. The van der Waals surface area contributed by atoms with Crippen LogP contribution in [0.3, 0.4) is 0 Å². The molecule has 7 rings (SSSR count). The predicted molar refractivity (Wildman–Crippen MR) is 164 cm³/mol. The molecule has 14 nitrogen and oxygen atoms in total.